The second kappa shape index (κ2) is 6.28. The number of carboxylic acid groups (broad SMARTS) is 1. The summed E-state index contributed by atoms with van der Waals surface area (Å²) in [6.45, 7) is 1.68. The van der Waals surface area contributed by atoms with Gasteiger partial charge in [-0.05, 0) is 53.8 Å². The van der Waals surface area contributed by atoms with Crippen molar-refractivity contribution in [2.24, 2.45) is 0 Å². The maximum atomic E-state index is 13.7. The monoisotopic (exact) mass is 328 g/mol. The Balaban J connectivity index is 2.05. The van der Waals surface area contributed by atoms with Gasteiger partial charge in [0.1, 0.15) is 29.6 Å². The van der Waals surface area contributed by atoms with E-state index in [2.05, 4.69) is 0 Å². The van der Waals surface area contributed by atoms with E-state index in [9.17, 15) is 18.7 Å². The van der Waals surface area contributed by atoms with Gasteiger partial charge in [-0.3, -0.25) is 0 Å². The average Bonchev–Trinajstić information content (AvgIpc) is 2.55. The largest absolute Gasteiger partial charge is 0.487 e. The number of aryl methyl sites for hydroxylation is 1. The van der Waals surface area contributed by atoms with Gasteiger partial charge >= 0.3 is 5.97 Å². The first-order valence-corrected chi connectivity index (χ1v) is 7.29. The number of rotatable bonds is 4. The van der Waals surface area contributed by atoms with Crippen molar-refractivity contribution in [3.8, 4) is 5.75 Å². The highest BCUT2D eigenvalue weighted by Crippen LogP contribution is 2.32. The first kappa shape index (κ1) is 15.9. The summed E-state index contributed by atoms with van der Waals surface area (Å²) in [4.78, 5) is 11.5. The molecule has 0 bridgehead atoms. The maximum Gasteiger partial charge on any atom is 0.339 e. The average molecular weight is 328 g/mol. The minimum absolute atomic E-state index is 0.00406. The molecular weight excluding hydrogens is 314 g/mol. The Hall–Kier alpha value is -2.95. The molecule has 24 heavy (non-hydrogen) atoms. The molecule has 0 aliphatic heterocycles. The SMILES string of the molecule is Cc1cc2c(OCc3ccc(F)cc3)c(C(=O)O)ccc2cc1F. The van der Waals surface area contributed by atoms with E-state index in [0.29, 0.717) is 21.9 Å². The zero-order valence-electron chi connectivity index (χ0n) is 12.8. The molecule has 0 fully saturated rings. The molecule has 0 saturated heterocycles. The number of carboxylic acids is 1. The van der Waals surface area contributed by atoms with Crippen LogP contribution in [0.15, 0.2) is 48.5 Å². The minimum Gasteiger partial charge on any atom is -0.487 e. The fourth-order valence-electron chi connectivity index (χ4n) is 2.49. The number of carbonyl (C=O) groups is 1. The van der Waals surface area contributed by atoms with Crippen molar-refractivity contribution >= 4 is 16.7 Å². The topological polar surface area (TPSA) is 46.5 Å². The predicted octanol–water partition coefficient (Wildman–Crippen LogP) is 4.70. The van der Waals surface area contributed by atoms with Gasteiger partial charge in [-0.1, -0.05) is 18.2 Å². The number of hydrogen-bond acceptors (Lipinski definition) is 2. The summed E-state index contributed by atoms with van der Waals surface area (Å²) in [6, 6.07) is 11.6. The molecule has 1 N–H and O–H groups in total. The molecule has 5 heteroatoms. The number of fused-ring (bicyclic) bond motifs is 1. The Labute approximate surface area is 137 Å². The van der Waals surface area contributed by atoms with Gasteiger partial charge < -0.3 is 9.84 Å². The van der Waals surface area contributed by atoms with Crippen LogP contribution < -0.4 is 4.74 Å². The summed E-state index contributed by atoms with van der Waals surface area (Å²) in [7, 11) is 0. The van der Waals surface area contributed by atoms with Crippen molar-refractivity contribution in [1.82, 2.24) is 0 Å². The van der Waals surface area contributed by atoms with Crippen LogP contribution in [0.5, 0.6) is 5.75 Å². The van der Waals surface area contributed by atoms with E-state index in [0.717, 1.165) is 0 Å². The van der Waals surface area contributed by atoms with Gasteiger partial charge in [0.2, 0.25) is 0 Å². The number of aromatic carboxylic acids is 1. The third kappa shape index (κ3) is 3.06. The number of hydrogen-bond donors (Lipinski definition) is 1. The first-order chi connectivity index (χ1) is 11.5. The van der Waals surface area contributed by atoms with Gasteiger partial charge in [-0.25, -0.2) is 13.6 Å². The van der Waals surface area contributed by atoms with E-state index in [1.165, 1.54) is 24.3 Å². The van der Waals surface area contributed by atoms with E-state index in [1.807, 2.05) is 0 Å². The van der Waals surface area contributed by atoms with E-state index in [4.69, 9.17) is 4.74 Å². The van der Waals surface area contributed by atoms with Crippen molar-refractivity contribution in [2.45, 2.75) is 13.5 Å². The maximum absolute atomic E-state index is 13.7. The third-order valence-electron chi connectivity index (χ3n) is 3.78. The van der Waals surface area contributed by atoms with E-state index in [-0.39, 0.29) is 29.6 Å². The summed E-state index contributed by atoms with van der Waals surface area (Å²) >= 11 is 0. The van der Waals surface area contributed by atoms with Crippen molar-refractivity contribution in [3.05, 3.63) is 76.9 Å². The van der Waals surface area contributed by atoms with Crippen LogP contribution in [-0.4, -0.2) is 11.1 Å². The zero-order valence-corrected chi connectivity index (χ0v) is 12.8. The van der Waals surface area contributed by atoms with E-state index < -0.39 is 5.97 Å². The van der Waals surface area contributed by atoms with Crippen molar-refractivity contribution in [3.63, 3.8) is 0 Å². The molecule has 122 valence electrons. The normalized spacial score (nSPS) is 10.8. The third-order valence-corrected chi connectivity index (χ3v) is 3.78. The highest BCUT2D eigenvalue weighted by atomic mass is 19.1. The van der Waals surface area contributed by atoms with Crippen LogP contribution >= 0.6 is 0 Å². The summed E-state index contributed by atoms with van der Waals surface area (Å²) < 4.78 is 32.4. The van der Waals surface area contributed by atoms with E-state index >= 15 is 0 Å². The molecule has 3 rings (SSSR count). The summed E-state index contributed by atoms with van der Waals surface area (Å²) in [6.07, 6.45) is 0. The van der Waals surface area contributed by atoms with Crippen LogP contribution in [0.4, 0.5) is 8.78 Å². The first-order valence-electron chi connectivity index (χ1n) is 7.29. The Kier molecular flexibility index (Phi) is 4.16. The number of ether oxygens (including phenoxy) is 1. The Morgan fingerprint density at radius 1 is 1.08 bits per heavy atom. The lowest BCUT2D eigenvalue weighted by molar-refractivity contribution is 0.0692. The molecule has 0 heterocycles. The van der Waals surface area contributed by atoms with Crippen LogP contribution in [0.1, 0.15) is 21.5 Å². The quantitative estimate of drug-likeness (QED) is 0.755. The molecule has 3 aromatic rings. The lowest BCUT2D eigenvalue weighted by Gasteiger charge is -2.13. The van der Waals surface area contributed by atoms with Crippen molar-refractivity contribution in [2.75, 3.05) is 0 Å². The molecule has 0 aromatic heterocycles. The second-order valence-electron chi connectivity index (χ2n) is 5.49. The standard InChI is InChI=1S/C19H14F2O3/c1-11-8-16-13(9-17(11)21)4-7-15(19(22)23)18(16)24-10-12-2-5-14(20)6-3-12/h2-9H,10H2,1H3,(H,22,23). The lowest BCUT2D eigenvalue weighted by Crippen LogP contribution is -2.04. The summed E-state index contributed by atoms with van der Waals surface area (Å²) in [5.41, 5.74) is 1.09. The molecule has 3 aromatic carbocycles. The van der Waals surface area contributed by atoms with E-state index in [1.54, 1.807) is 31.2 Å². The highest BCUT2D eigenvalue weighted by molar-refractivity contribution is 6.00. The summed E-state index contributed by atoms with van der Waals surface area (Å²) in [5, 5.41) is 10.5. The summed E-state index contributed by atoms with van der Waals surface area (Å²) in [5.74, 6) is -1.68. The van der Waals surface area contributed by atoms with Gasteiger partial charge in [0.05, 0.1) is 0 Å². The molecule has 0 aliphatic carbocycles. The van der Waals surface area contributed by atoms with Gasteiger partial charge in [-0.2, -0.15) is 0 Å². The zero-order chi connectivity index (χ0) is 17.3. The minimum atomic E-state index is -1.13. The molecule has 0 unspecified atom stereocenters. The molecule has 0 aliphatic rings. The Bertz CT molecular complexity index is 918. The fraction of sp³-hybridized carbons (Fsp3) is 0.105. The van der Waals surface area contributed by atoms with Crippen LogP contribution in [0.2, 0.25) is 0 Å². The second-order valence-corrected chi connectivity index (χ2v) is 5.49. The molecular formula is C19H14F2O3. The van der Waals surface area contributed by atoms with Gasteiger partial charge in [0, 0.05) is 5.39 Å². The van der Waals surface area contributed by atoms with Crippen molar-refractivity contribution in [1.29, 1.82) is 0 Å². The van der Waals surface area contributed by atoms with Crippen molar-refractivity contribution < 1.29 is 23.4 Å². The Morgan fingerprint density at radius 2 is 1.79 bits per heavy atom. The molecule has 0 saturated carbocycles. The van der Waals surface area contributed by atoms with Gasteiger partial charge in [0.15, 0.2) is 0 Å². The van der Waals surface area contributed by atoms with Crippen LogP contribution in [0.3, 0.4) is 0 Å². The lowest BCUT2D eigenvalue weighted by atomic mass is 10.0. The Morgan fingerprint density at radius 3 is 2.46 bits per heavy atom. The molecule has 0 amide bonds. The van der Waals surface area contributed by atoms with Crippen LogP contribution in [-0.2, 0) is 6.61 Å². The molecule has 0 atom stereocenters. The van der Waals surface area contributed by atoms with Crippen LogP contribution in [0, 0.1) is 18.6 Å². The smallest absolute Gasteiger partial charge is 0.339 e. The van der Waals surface area contributed by atoms with Gasteiger partial charge in [0.25, 0.3) is 0 Å². The fourth-order valence-corrected chi connectivity index (χ4v) is 2.49. The van der Waals surface area contributed by atoms with Crippen LogP contribution in [0.25, 0.3) is 10.8 Å². The number of halogens is 2. The molecule has 0 radical (unpaired) electrons. The molecule has 0 spiro atoms. The highest BCUT2D eigenvalue weighted by Gasteiger charge is 2.16. The number of benzene rings is 3. The van der Waals surface area contributed by atoms with Gasteiger partial charge in [-0.15, -0.1) is 0 Å². The molecule has 3 nitrogen and oxygen atoms in total. The predicted molar refractivity (Wildman–Crippen MR) is 86.3 cm³/mol.